The number of benzene rings is 2. The molecule has 2 aromatic carbocycles. The first-order valence-corrected chi connectivity index (χ1v) is 6.59. The number of non-ortho nitro benzene ring substituents is 1. The number of hydrogen-bond acceptors (Lipinski definition) is 4. The van der Waals surface area contributed by atoms with Crippen molar-refractivity contribution >= 4 is 28.4 Å². The first-order chi connectivity index (χ1) is 11.1. The number of halogens is 1. The second kappa shape index (κ2) is 5.69. The minimum absolute atomic E-state index is 0.0452. The second-order valence-corrected chi connectivity index (χ2v) is 4.74. The van der Waals surface area contributed by atoms with E-state index in [-0.39, 0.29) is 22.6 Å². The largest absolute Gasteiger partial charge is 0.337 e. The molecule has 0 amide bonds. The Morgan fingerprint density at radius 3 is 2.83 bits per heavy atom. The predicted octanol–water partition coefficient (Wildman–Crippen LogP) is 3.67. The fourth-order valence-corrected chi connectivity index (χ4v) is 2.14. The van der Waals surface area contributed by atoms with Crippen molar-refractivity contribution in [1.29, 1.82) is 5.26 Å². The van der Waals surface area contributed by atoms with Crippen molar-refractivity contribution in [3.05, 3.63) is 69.8 Å². The molecule has 3 aromatic rings. The first kappa shape index (κ1) is 14.4. The number of nitriles is 1. The van der Waals surface area contributed by atoms with Gasteiger partial charge in [0.15, 0.2) is 0 Å². The quantitative estimate of drug-likeness (QED) is 0.453. The summed E-state index contributed by atoms with van der Waals surface area (Å²) in [6.45, 7) is 0. The van der Waals surface area contributed by atoms with Crippen LogP contribution in [-0.2, 0) is 0 Å². The molecule has 0 saturated heterocycles. The molecule has 0 atom stereocenters. The first-order valence-electron chi connectivity index (χ1n) is 6.59. The number of aromatic nitrogens is 2. The molecule has 1 heterocycles. The normalized spacial score (nSPS) is 11.4. The van der Waals surface area contributed by atoms with Crippen LogP contribution in [0.4, 0.5) is 10.1 Å². The van der Waals surface area contributed by atoms with E-state index in [0.717, 1.165) is 23.7 Å². The Labute approximate surface area is 129 Å². The second-order valence-electron chi connectivity index (χ2n) is 4.74. The Balaban J connectivity index is 2.10. The third-order valence-electron chi connectivity index (χ3n) is 3.26. The van der Waals surface area contributed by atoms with Gasteiger partial charge in [0.1, 0.15) is 17.7 Å². The summed E-state index contributed by atoms with van der Waals surface area (Å²) in [6, 6.07) is 12.3. The monoisotopic (exact) mass is 308 g/mol. The van der Waals surface area contributed by atoms with Crippen LogP contribution in [0.1, 0.15) is 11.4 Å². The molecule has 0 saturated carbocycles. The van der Waals surface area contributed by atoms with Crippen molar-refractivity contribution in [3.63, 3.8) is 0 Å². The molecular weight excluding hydrogens is 299 g/mol. The highest BCUT2D eigenvalue weighted by molar-refractivity contribution is 5.90. The van der Waals surface area contributed by atoms with E-state index in [4.69, 9.17) is 0 Å². The van der Waals surface area contributed by atoms with Crippen molar-refractivity contribution in [3.8, 4) is 6.07 Å². The van der Waals surface area contributed by atoms with Gasteiger partial charge in [-0.2, -0.15) is 5.26 Å². The smallest absolute Gasteiger partial charge is 0.270 e. The number of allylic oxidation sites excluding steroid dienone is 1. The number of nitrogens with one attached hydrogen (secondary N) is 1. The maximum atomic E-state index is 13.8. The van der Waals surface area contributed by atoms with Crippen LogP contribution in [0.2, 0.25) is 0 Å². The molecule has 112 valence electrons. The van der Waals surface area contributed by atoms with Gasteiger partial charge in [-0.05, 0) is 24.3 Å². The van der Waals surface area contributed by atoms with Crippen LogP contribution in [0.5, 0.6) is 0 Å². The molecule has 1 aromatic heterocycles. The van der Waals surface area contributed by atoms with Crippen molar-refractivity contribution in [1.82, 2.24) is 9.97 Å². The molecule has 0 fully saturated rings. The summed E-state index contributed by atoms with van der Waals surface area (Å²) in [5.74, 6) is -0.376. The summed E-state index contributed by atoms with van der Waals surface area (Å²) in [6.07, 6.45) is 1.24. The average molecular weight is 308 g/mol. The SMILES string of the molecule is N#C/C(=C/c1cc([N+](=O)[O-])ccc1F)c1nc2ccccc2[nH]1. The van der Waals surface area contributed by atoms with E-state index in [1.807, 2.05) is 18.2 Å². The lowest BCUT2D eigenvalue weighted by Crippen LogP contribution is -1.92. The number of para-hydroxylation sites is 2. The number of nitrogens with zero attached hydrogens (tertiary/aromatic N) is 3. The van der Waals surface area contributed by atoms with Crippen LogP contribution in [0, 0.1) is 27.3 Å². The molecule has 0 aliphatic heterocycles. The Morgan fingerprint density at radius 2 is 2.13 bits per heavy atom. The van der Waals surface area contributed by atoms with Crippen molar-refractivity contribution in [2.45, 2.75) is 0 Å². The number of H-pyrrole nitrogens is 1. The van der Waals surface area contributed by atoms with Gasteiger partial charge in [-0.15, -0.1) is 0 Å². The van der Waals surface area contributed by atoms with Gasteiger partial charge in [-0.3, -0.25) is 10.1 Å². The van der Waals surface area contributed by atoms with Crippen LogP contribution in [0.3, 0.4) is 0 Å². The van der Waals surface area contributed by atoms with E-state index < -0.39 is 10.7 Å². The number of rotatable bonds is 3. The average Bonchev–Trinajstić information content (AvgIpc) is 2.97. The summed E-state index contributed by atoms with van der Waals surface area (Å²) in [7, 11) is 0. The summed E-state index contributed by atoms with van der Waals surface area (Å²) < 4.78 is 13.8. The van der Waals surface area contributed by atoms with Gasteiger partial charge in [0.25, 0.3) is 5.69 Å². The van der Waals surface area contributed by atoms with Gasteiger partial charge in [0, 0.05) is 17.7 Å². The predicted molar refractivity (Wildman–Crippen MR) is 82.6 cm³/mol. The minimum Gasteiger partial charge on any atom is -0.337 e. The van der Waals surface area contributed by atoms with Gasteiger partial charge in [-0.25, -0.2) is 9.37 Å². The van der Waals surface area contributed by atoms with Gasteiger partial charge in [0.05, 0.1) is 21.5 Å². The van der Waals surface area contributed by atoms with E-state index >= 15 is 0 Å². The van der Waals surface area contributed by atoms with E-state index in [1.165, 1.54) is 6.08 Å². The summed E-state index contributed by atoms with van der Waals surface area (Å²) in [5.41, 5.74) is 1.20. The standard InChI is InChI=1S/C16H9FN4O2/c17-13-6-5-12(21(22)23)8-10(13)7-11(9-18)16-19-14-3-1-2-4-15(14)20-16/h1-8H,(H,19,20)/b11-7-. The van der Waals surface area contributed by atoms with E-state index in [1.54, 1.807) is 12.1 Å². The molecular formula is C16H9FN4O2. The van der Waals surface area contributed by atoms with Crippen molar-refractivity contribution in [2.75, 3.05) is 0 Å². The van der Waals surface area contributed by atoms with Crippen LogP contribution in [-0.4, -0.2) is 14.9 Å². The number of fused-ring (bicyclic) bond motifs is 1. The zero-order valence-corrected chi connectivity index (χ0v) is 11.7. The molecule has 23 heavy (non-hydrogen) atoms. The number of aromatic amines is 1. The van der Waals surface area contributed by atoms with Gasteiger partial charge < -0.3 is 4.98 Å². The van der Waals surface area contributed by atoms with Crippen molar-refractivity contribution in [2.24, 2.45) is 0 Å². The highest BCUT2D eigenvalue weighted by Gasteiger charge is 2.12. The number of hydrogen-bond donors (Lipinski definition) is 1. The number of nitro groups is 1. The molecule has 0 aliphatic carbocycles. The maximum Gasteiger partial charge on any atom is 0.270 e. The maximum absolute atomic E-state index is 13.8. The van der Waals surface area contributed by atoms with E-state index in [9.17, 15) is 19.8 Å². The number of nitro benzene ring substituents is 1. The Hall–Kier alpha value is -3.53. The number of imidazole rings is 1. The fourth-order valence-electron chi connectivity index (χ4n) is 2.14. The zero-order chi connectivity index (χ0) is 16.4. The summed E-state index contributed by atoms with van der Waals surface area (Å²) >= 11 is 0. The molecule has 0 aliphatic rings. The third kappa shape index (κ3) is 2.78. The van der Waals surface area contributed by atoms with Gasteiger partial charge in [-0.1, -0.05) is 12.1 Å². The topological polar surface area (TPSA) is 95.6 Å². The van der Waals surface area contributed by atoms with Crippen LogP contribution >= 0.6 is 0 Å². The molecule has 3 rings (SSSR count). The minimum atomic E-state index is -0.653. The lowest BCUT2D eigenvalue weighted by atomic mass is 10.1. The highest BCUT2D eigenvalue weighted by Crippen LogP contribution is 2.23. The zero-order valence-electron chi connectivity index (χ0n) is 11.7. The molecule has 1 N–H and O–H groups in total. The van der Waals surface area contributed by atoms with Gasteiger partial charge >= 0.3 is 0 Å². The Bertz CT molecular complexity index is 952. The van der Waals surface area contributed by atoms with Crippen LogP contribution in [0.25, 0.3) is 22.7 Å². The van der Waals surface area contributed by atoms with Crippen LogP contribution < -0.4 is 0 Å². The molecule has 0 bridgehead atoms. The summed E-state index contributed by atoms with van der Waals surface area (Å²) in [4.78, 5) is 17.4. The molecule has 6 nitrogen and oxygen atoms in total. The molecule has 0 unspecified atom stereocenters. The molecule has 0 radical (unpaired) electrons. The van der Waals surface area contributed by atoms with E-state index in [0.29, 0.717) is 5.52 Å². The van der Waals surface area contributed by atoms with Crippen molar-refractivity contribution < 1.29 is 9.31 Å². The van der Waals surface area contributed by atoms with Gasteiger partial charge in [0.2, 0.25) is 0 Å². The summed E-state index contributed by atoms with van der Waals surface area (Å²) in [5, 5.41) is 20.1. The fraction of sp³-hybridized carbons (Fsp3) is 0. The lowest BCUT2D eigenvalue weighted by molar-refractivity contribution is -0.384. The molecule has 7 heteroatoms. The highest BCUT2D eigenvalue weighted by atomic mass is 19.1. The Kier molecular flexibility index (Phi) is 3.57. The molecule has 0 spiro atoms. The lowest BCUT2D eigenvalue weighted by Gasteiger charge is -1.99. The Morgan fingerprint density at radius 1 is 1.35 bits per heavy atom. The van der Waals surface area contributed by atoms with E-state index in [2.05, 4.69) is 9.97 Å². The van der Waals surface area contributed by atoms with Crippen LogP contribution in [0.15, 0.2) is 42.5 Å². The third-order valence-corrected chi connectivity index (χ3v) is 3.26.